The summed E-state index contributed by atoms with van der Waals surface area (Å²) < 4.78 is 18.9. The molecule has 1 amide bonds. The second-order valence-electron chi connectivity index (χ2n) is 8.73. The van der Waals surface area contributed by atoms with E-state index in [1.54, 1.807) is 31.7 Å². The van der Waals surface area contributed by atoms with Crippen LogP contribution in [-0.4, -0.2) is 65.7 Å². The van der Waals surface area contributed by atoms with Gasteiger partial charge in [-0.3, -0.25) is 4.79 Å². The number of alkyl halides is 1. The quantitative estimate of drug-likeness (QED) is 0.364. The minimum Gasteiger partial charge on any atom is -0.383 e. The number of nitrogens with two attached hydrogens (primary N) is 1. The number of amides is 1. The fraction of sp³-hybridized carbons (Fsp3) is 0.375. The van der Waals surface area contributed by atoms with Gasteiger partial charge in [0.2, 0.25) is 5.91 Å². The van der Waals surface area contributed by atoms with Gasteiger partial charge < -0.3 is 26.0 Å². The summed E-state index contributed by atoms with van der Waals surface area (Å²) in [4.78, 5) is 32.1. The lowest BCUT2D eigenvalue weighted by atomic mass is 10.1. The number of nitrogens with zero attached hydrogens (tertiary/aromatic N) is 5. The van der Waals surface area contributed by atoms with Gasteiger partial charge in [-0.05, 0) is 31.5 Å². The zero-order chi connectivity index (χ0) is 24.5. The predicted octanol–water partition coefficient (Wildman–Crippen LogP) is 2.63. The van der Waals surface area contributed by atoms with Crippen LogP contribution in [0.25, 0.3) is 10.8 Å². The normalized spacial score (nSPS) is 22.2. The number of ether oxygens (including phenoxy) is 1. The van der Waals surface area contributed by atoms with Crippen molar-refractivity contribution in [3.8, 4) is 0 Å². The van der Waals surface area contributed by atoms with Crippen LogP contribution in [0.5, 0.6) is 0 Å². The number of amidine groups is 1. The molecule has 35 heavy (non-hydrogen) atoms. The number of carbonyl (C=O) groups is 1. The Kier molecular flexibility index (Phi) is 6.16. The molecule has 10 nitrogen and oxygen atoms in total. The van der Waals surface area contributed by atoms with Gasteiger partial charge in [0, 0.05) is 48.9 Å². The molecule has 3 aromatic rings. The Labute approximate surface area is 201 Å². The number of halogens is 1. The lowest BCUT2D eigenvalue weighted by molar-refractivity contribution is -0.117. The molecular formula is C24H27FN8O2. The lowest BCUT2D eigenvalue weighted by Crippen LogP contribution is -2.41. The maximum absolute atomic E-state index is 13.3. The summed E-state index contributed by atoms with van der Waals surface area (Å²) in [7, 11) is 1.75. The van der Waals surface area contributed by atoms with E-state index in [0.717, 1.165) is 18.8 Å². The van der Waals surface area contributed by atoms with Crippen molar-refractivity contribution in [2.75, 3.05) is 42.3 Å². The molecule has 1 saturated heterocycles. The van der Waals surface area contributed by atoms with Crippen molar-refractivity contribution < 1.29 is 13.9 Å². The van der Waals surface area contributed by atoms with Crippen molar-refractivity contribution in [2.45, 2.75) is 25.6 Å². The van der Waals surface area contributed by atoms with E-state index in [9.17, 15) is 9.18 Å². The highest BCUT2D eigenvalue weighted by Gasteiger charge is 2.43. The SMILES string of the molecule is CNc1ncc(C(N)=Nc2ccc(N3CCO[C@H](C)C3)cn2)c2cc(NC(=O)[C@@H]3C[C@@H]3F)ncc12. The first-order valence-electron chi connectivity index (χ1n) is 11.5. The molecular weight excluding hydrogens is 451 g/mol. The summed E-state index contributed by atoms with van der Waals surface area (Å²) in [6.45, 7) is 4.35. The largest absolute Gasteiger partial charge is 0.383 e. The molecule has 1 saturated carbocycles. The van der Waals surface area contributed by atoms with Gasteiger partial charge in [-0.15, -0.1) is 0 Å². The monoisotopic (exact) mass is 478 g/mol. The van der Waals surface area contributed by atoms with Gasteiger partial charge in [-0.2, -0.15) is 0 Å². The van der Waals surface area contributed by atoms with Crippen molar-refractivity contribution in [2.24, 2.45) is 16.6 Å². The van der Waals surface area contributed by atoms with Crippen LogP contribution < -0.4 is 21.3 Å². The van der Waals surface area contributed by atoms with Crippen molar-refractivity contribution >= 4 is 45.7 Å². The minimum absolute atomic E-state index is 0.172. The number of pyridine rings is 3. The first kappa shape index (κ1) is 22.9. The van der Waals surface area contributed by atoms with Crippen LogP contribution in [0.3, 0.4) is 0 Å². The number of nitrogens with one attached hydrogen (secondary N) is 2. The van der Waals surface area contributed by atoms with E-state index in [1.807, 2.05) is 19.1 Å². The zero-order valence-electron chi connectivity index (χ0n) is 19.5. The lowest BCUT2D eigenvalue weighted by Gasteiger charge is -2.32. The van der Waals surface area contributed by atoms with E-state index in [4.69, 9.17) is 10.5 Å². The maximum Gasteiger partial charge on any atom is 0.231 e. The van der Waals surface area contributed by atoms with E-state index in [0.29, 0.717) is 40.4 Å². The van der Waals surface area contributed by atoms with Gasteiger partial charge >= 0.3 is 0 Å². The van der Waals surface area contributed by atoms with Crippen LogP contribution >= 0.6 is 0 Å². The molecule has 1 aliphatic heterocycles. The number of rotatable bonds is 6. The Morgan fingerprint density at radius 2 is 2.06 bits per heavy atom. The molecule has 0 bridgehead atoms. The molecule has 182 valence electrons. The molecule has 1 aliphatic carbocycles. The van der Waals surface area contributed by atoms with E-state index in [-0.39, 0.29) is 24.3 Å². The van der Waals surface area contributed by atoms with E-state index >= 15 is 0 Å². The van der Waals surface area contributed by atoms with Gasteiger partial charge in [0.25, 0.3) is 0 Å². The van der Waals surface area contributed by atoms with Gasteiger partial charge in [0.15, 0.2) is 5.82 Å². The smallest absolute Gasteiger partial charge is 0.231 e. The number of hydrogen-bond acceptors (Lipinski definition) is 8. The molecule has 3 atom stereocenters. The number of fused-ring (bicyclic) bond motifs is 1. The summed E-state index contributed by atoms with van der Waals surface area (Å²) in [6.07, 6.45) is 4.31. The Hall–Kier alpha value is -3.86. The van der Waals surface area contributed by atoms with Crippen LogP contribution in [0.4, 0.5) is 27.5 Å². The number of carbonyl (C=O) groups excluding carboxylic acids is 1. The average molecular weight is 479 g/mol. The molecule has 5 rings (SSSR count). The van der Waals surface area contributed by atoms with Crippen LogP contribution in [0.15, 0.2) is 41.8 Å². The van der Waals surface area contributed by atoms with E-state index in [2.05, 4.69) is 35.5 Å². The predicted molar refractivity (Wildman–Crippen MR) is 133 cm³/mol. The molecule has 3 aromatic heterocycles. The van der Waals surface area contributed by atoms with Crippen LogP contribution in [-0.2, 0) is 9.53 Å². The first-order valence-corrected chi connectivity index (χ1v) is 11.5. The summed E-state index contributed by atoms with van der Waals surface area (Å²) in [5, 5.41) is 7.11. The molecule has 4 heterocycles. The third kappa shape index (κ3) is 4.85. The zero-order valence-corrected chi connectivity index (χ0v) is 19.5. The van der Waals surface area contributed by atoms with Crippen molar-refractivity contribution in [3.05, 3.63) is 42.4 Å². The Balaban J connectivity index is 1.43. The number of morpholine rings is 1. The molecule has 0 aromatic carbocycles. The second kappa shape index (κ2) is 9.41. The average Bonchev–Trinajstić information content (AvgIpc) is 3.60. The van der Waals surface area contributed by atoms with Crippen LogP contribution in [0.2, 0.25) is 0 Å². The highest BCUT2D eigenvalue weighted by Crippen LogP contribution is 2.35. The van der Waals surface area contributed by atoms with Crippen molar-refractivity contribution in [1.82, 2.24) is 15.0 Å². The number of aromatic nitrogens is 3. The second-order valence-corrected chi connectivity index (χ2v) is 8.73. The number of aliphatic imine (C=N–C) groups is 1. The highest BCUT2D eigenvalue weighted by molar-refractivity contribution is 6.12. The molecule has 2 fully saturated rings. The standard InChI is InChI=1S/C24H27FN8O2/c1-13-12-33(5-6-35-13)14-3-4-20(28-9-14)31-22(26)17-10-30-23(27-2)18-11-29-21(8-15(17)18)32-24(34)16-7-19(16)25/h3-4,8-11,13,16,19H,5-7,12H2,1-2H3,(H,27,30)(H2,26,28,31)(H,29,32,34)/t13-,16-,19+/m1/s1. The molecule has 0 unspecified atom stereocenters. The van der Waals surface area contributed by atoms with Crippen molar-refractivity contribution in [3.63, 3.8) is 0 Å². The minimum atomic E-state index is -1.08. The Morgan fingerprint density at radius 1 is 1.23 bits per heavy atom. The van der Waals surface area contributed by atoms with Gasteiger partial charge in [-0.1, -0.05) is 0 Å². The molecule has 4 N–H and O–H groups in total. The maximum atomic E-state index is 13.3. The number of hydrogen-bond donors (Lipinski definition) is 3. The van der Waals surface area contributed by atoms with Crippen LogP contribution in [0.1, 0.15) is 18.9 Å². The molecule has 2 aliphatic rings. The summed E-state index contributed by atoms with van der Waals surface area (Å²) in [6, 6.07) is 5.47. The fourth-order valence-corrected chi connectivity index (χ4v) is 4.13. The third-order valence-corrected chi connectivity index (χ3v) is 6.16. The summed E-state index contributed by atoms with van der Waals surface area (Å²) in [5.74, 6) is 0.609. The highest BCUT2D eigenvalue weighted by atomic mass is 19.1. The third-order valence-electron chi connectivity index (χ3n) is 6.16. The van der Waals surface area contributed by atoms with E-state index < -0.39 is 12.1 Å². The van der Waals surface area contributed by atoms with Crippen molar-refractivity contribution in [1.29, 1.82) is 0 Å². The molecule has 0 spiro atoms. The van der Waals surface area contributed by atoms with Crippen LogP contribution in [0, 0.1) is 5.92 Å². The Morgan fingerprint density at radius 3 is 2.74 bits per heavy atom. The summed E-state index contributed by atoms with van der Waals surface area (Å²) in [5.41, 5.74) is 7.95. The summed E-state index contributed by atoms with van der Waals surface area (Å²) >= 11 is 0. The van der Waals surface area contributed by atoms with Gasteiger partial charge in [-0.25, -0.2) is 24.3 Å². The topological polar surface area (TPSA) is 131 Å². The molecule has 11 heteroatoms. The molecule has 0 radical (unpaired) electrons. The fourth-order valence-electron chi connectivity index (χ4n) is 4.13. The Bertz CT molecular complexity index is 1280. The van der Waals surface area contributed by atoms with Gasteiger partial charge in [0.1, 0.15) is 23.6 Å². The first-order chi connectivity index (χ1) is 16.9. The van der Waals surface area contributed by atoms with E-state index in [1.165, 1.54) is 0 Å². The van der Waals surface area contributed by atoms with Gasteiger partial charge in [0.05, 0.1) is 30.5 Å². The number of anilines is 3.